The molecule has 0 aliphatic heterocycles. The topological polar surface area (TPSA) is 87.0 Å². The third-order valence-electron chi connectivity index (χ3n) is 4.37. The van der Waals surface area contributed by atoms with Crippen LogP contribution in [0, 0.1) is 20.8 Å². The monoisotopic (exact) mass is 410 g/mol. The molecule has 0 aliphatic rings. The number of carbonyl (C=O) groups is 2. The minimum Gasteiger partial charge on any atom is -0.454 e. The predicted octanol–water partition coefficient (Wildman–Crippen LogP) is 3.49. The average molecular weight is 410 g/mol. The van der Waals surface area contributed by atoms with Gasteiger partial charge in [0.25, 0.3) is 0 Å². The lowest BCUT2D eigenvalue weighted by atomic mass is 10.1. The number of esters is 1. The Morgan fingerprint density at radius 3 is 2.48 bits per heavy atom. The maximum absolute atomic E-state index is 12.4. The number of aryl methyl sites for hydroxylation is 3. The number of ketones is 1. The van der Waals surface area contributed by atoms with E-state index in [1.807, 2.05) is 51.1 Å². The normalized spacial score (nSPS) is 11.9. The van der Waals surface area contributed by atoms with Gasteiger partial charge in [-0.15, -0.1) is 5.10 Å². The smallest absolute Gasteiger partial charge is 0.317 e. The largest absolute Gasteiger partial charge is 0.454 e. The van der Waals surface area contributed by atoms with E-state index in [-0.39, 0.29) is 11.5 Å². The van der Waals surface area contributed by atoms with Crippen LogP contribution in [-0.4, -0.2) is 43.8 Å². The number of hydrogen-bond donors (Lipinski definition) is 0. The zero-order valence-electron chi connectivity index (χ0n) is 16.7. The number of tetrazole rings is 1. The molecule has 3 aromatic rings. The van der Waals surface area contributed by atoms with Crippen molar-refractivity contribution in [3.63, 3.8) is 0 Å². The van der Waals surface area contributed by atoms with Crippen molar-refractivity contribution in [3.8, 4) is 5.69 Å². The first-order valence-electron chi connectivity index (χ1n) is 9.14. The highest BCUT2D eigenvalue weighted by molar-refractivity contribution is 7.99. The van der Waals surface area contributed by atoms with Gasteiger partial charge in [-0.05, 0) is 55.3 Å². The number of ether oxygens (including phenoxy) is 1. The maximum Gasteiger partial charge on any atom is 0.317 e. The van der Waals surface area contributed by atoms with E-state index >= 15 is 0 Å². The van der Waals surface area contributed by atoms with E-state index in [0.29, 0.717) is 10.7 Å². The standard InChI is InChI=1S/C21H22N4O3S/c1-13-6-9-17(10-7-13)20(27)16(4)28-19(26)12-29-21-22-23-24-25(21)18-11-14(2)5-8-15(18)3/h5-11,16H,12H2,1-4H3/t16-/m1/s1. The lowest BCUT2D eigenvalue weighted by Crippen LogP contribution is -2.25. The number of aromatic nitrogens is 4. The van der Waals surface area contributed by atoms with E-state index in [1.54, 1.807) is 23.7 Å². The Kier molecular flexibility index (Phi) is 6.43. The number of benzene rings is 2. The average Bonchev–Trinajstić information content (AvgIpc) is 3.16. The molecule has 0 saturated carbocycles. The van der Waals surface area contributed by atoms with E-state index in [2.05, 4.69) is 15.5 Å². The third-order valence-corrected chi connectivity index (χ3v) is 5.26. The minimum atomic E-state index is -0.860. The van der Waals surface area contributed by atoms with Gasteiger partial charge in [0.2, 0.25) is 10.9 Å². The molecule has 29 heavy (non-hydrogen) atoms. The highest BCUT2D eigenvalue weighted by atomic mass is 32.2. The van der Waals surface area contributed by atoms with E-state index < -0.39 is 12.1 Å². The summed E-state index contributed by atoms with van der Waals surface area (Å²) in [5, 5.41) is 12.2. The Labute approximate surface area is 173 Å². The second-order valence-corrected chi connectivity index (χ2v) is 7.76. The van der Waals surface area contributed by atoms with Crippen LogP contribution in [0.5, 0.6) is 0 Å². The van der Waals surface area contributed by atoms with Crippen molar-refractivity contribution in [2.75, 3.05) is 5.75 Å². The molecule has 0 spiro atoms. The van der Waals surface area contributed by atoms with Crippen LogP contribution >= 0.6 is 11.8 Å². The van der Waals surface area contributed by atoms with E-state index in [0.717, 1.165) is 34.1 Å². The van der Waals surface area contributed by atoms with Crippen molar-refractivity contribution in [3.05, 3.63) is 64.7 Å². The van der Waals surface area contributed by atoms with Gasteiger partial charge in [-0.25, -0.2) is 0 Å². The van der Waals surface area contributed by atoms with Crippen LogP contribution in [0.25, 0.3) is 5.69 Å². The fraction of sp³-hybridized carbons (Fsp3) is 0.286. The van der Waals surface area contributed by atoms with Crippen LogP contribution in [0.2, 0.25) is 0 Å². The van der Waals surface area contributed by atoms with Crippen molar-refractivity contribution >= 4 is 23.5 Å². The minimum absolute atomic E-state index is 0.00322. The Hall–Kier alpha value is -3.00. The summed E-state index contributed by atoms with van der Waals surface area (Å²) in [7, 11) is 0. The molecule has 150 valence electrons. The predicted molar refractivity (Wildman–Crippen MR) is 110 cm³/mol. The molecule has 8 heteroatoms. The van der Waals surface area contributed by atoms with Crippen LogP contribution < -0.4 is 0 Å². The van der Waals surface area contributed by atoms with Crippen molar-refractivity contribution in [2.45, 2.75) is 39.0 Å². The van der Waals surface area contributed by atoms with Gasteiger partial charge in [-0.2, -0.15) is 4.68 Å². The van der Waals surface area contributed by atoms with Gasteiger partial charge in [-0.1, -0.05) is 53.7 Å². The molecule has 3 rings (SSSR count). The van der Waals surface area contributed by atoms with Crippen molar-refractivity contribution in [1.29, 1.82) is 0 Å². The molecular weight excluding hydrogens is 388 g/mol. The van der Waals surface area contributed by atoms with Gasteiger partial charge >= 0.3 is 5.97 Å². The maximum atomic E-state index is 12.4. The fourth-order valence-electron chi connectivity index (χ4n) is 2.73. The summed E-state index contributed by atoms with van der Waals surface area (Å²) in [6.07, 6.45) is -0.860. The molecule has 1 heterocycles. The Morgan fingerprint density at radius 1 is 1.07 bits per heavy atom. The summed E-state index contributed by atoms with van der Waals surface area (Å²) >= 11 is 1.16. The van der Waals surface area contributed by atoms with Crippen LogP contribution in [0.3, 0.4) is 0 Å². The summed E-state index contributed by atoms with van der Waals surface area (Å²) in [6, 6.07) is 13.2. The molecule has 1 atom stereocenters. The number of rotatable bonds is 7. The van der Waals surface area contributed by atoms with Crippen molar-refractivity contribution in [1.82, 2.24) is 20.2 Å². The number of hydrogen-bond acceptors (Lipinski definition) is 7. The molecule has 0 bridgehead atoms. The van der Waals surface area contributed by atoms with E-state index in [1.165, 1.54) is 0 Å². The number of thioether (sulfide) groups is 1. The molecule has 0 saturated heterocycles. The first kappa shape index (κ1) is 20.7. The number of nitrogens with zero attached hydrogens (tertiary/aromatic N) is 4. The van der Waals surface area contributed by atoms with E-state index in [9.17, 15) is 9.59 Å². The lowest BCUT2D eigenvalue weighted by Gasteiger charge is -2.12. The molecule has 1 aromatic heterocycles. The quantitative estimate of drug-likeness (QED) is 0.335. The van der Waals surface area contributed by atoms with Crippen LogP contribution in [0.4, 0.5) is 0 Å². The van der Waals surface area contributed by atoms with Gasteiger partial charge in [-0.3, -0.25) is 9.59 Å². The summed E-state index contributed by atoms with van der Waals surface area (Å²) in [5.74, 6) is -0.737. The summed E-state index contributed by atoms with van der Waals surface area (Å²) in [6.45, 7) is 7.48. The van der Waals surface area contributed by atoms with Gasteiger partial charge in [0.05, 0.1) is 11.4 Å². The summed E-state index contributed by atoms with van der Waals surface area (Å²) in [5.41, 5.74) is 4.53. The Morgan fingerprint density at radius 2 is 1.76 bits per heavy atom. The molecule has 7 nitrogen and oxygen atoms in total. The summed E-state index contributed by atoms with van der Waals surface area (Å²) < 4.78 is 6.89. The zero-order chi connectivity index (χ0) is 21.0. The van der Waals surface area contributed by atoms with Gasteiger partial charge < -0.3 is 4.74 Å². The Bertz CT molecular complexity index is 1030. The number of Topliss-reactive ketones (excluding diaryl/α,β-unsaturated/α-hetero) is 1. The van der Waals surface area contributed by atoms with E-state index in [4.69, 9.17) is 4.74 Å². The molecule has 0 N–H and O–H groups in total. The zero-order valence-corrected chi connectivity index (χ0v) is 17.6. The highest BCUT2D eigenvalue weighted by Gasteiger charge is 2.20. The van der Waals surface area contributed by atoms with Gasteiger partial charge in [0.15, 0.2) is 6.10 Å². The van der Waals surface area contributed by atoms with Crippen LogP contribution in [0.15, 0.2) is 47.6 Å². The third kappa shape index (κ3) is 5.08. The molecule has 0 radical (unpaired) electrons. The molecular formula is C21H22N4O3S. The Balaban J connectivity index is 1.62. The van der Waals surface area contributed by atoms with Crippen LogP contribution in [0.1, 0.15) is 34.0 Å². The number of carbonyl (C=O) groups excluding carboxylic acids is 2. The van der Waals surface area contributed by atoms with Crippen LogP contribution in [-0.2, 0) is 9.53 Å². The molecule has 2 aromatic carbocycles. The lowest BCUT2D eigenvalue weighted by molar-refractivity contribution is -0.143. The second-order valence-electron chi connectivity index (χ2n) is 6.81. The first-order valence-corrected chi connectivity index (χ1v) is 10.1. The summed E-state index contributed by atoms with van der Waals surface area (Å²) in [4.78, 5) is 24.6. The second kappa shape index (κ2) is 9.00. The SMILES string of the molecule is Cc1ccc(C(=O)[C@@H](C)OC(=O)CSc2nnnn2-c2cc(C)ccc2C)cc1. The highest BCUT2D eigenvalue weighted by Crippen LogP contribution is 2.22. The molecule has 0 unspecified atom stereocenters. The van der Waals surface area contributed by atoms with Gasteiger partial charge in [0.1, 0.15) is 0 Å². The molecule has 0 aliphatic carbocycles. The van der Waals surface area contributed by atoms with Crippen molar-refractivity contribution in [2.24, 2.45) is 0 Å². The molecule has 0 amide bonds. The molecule has 0 fully saturated rings. The fourth-order valence-corrected chi connectivity index (χ4v) is 3.39. The van der Waals surface area contributed by atoms with Crippen molar-refractivity contribution < 1.29 is 14.3 Å². The first-order chi connectivity index (χ1) is 13.8. The van der Waals surface area contributed by atoms with Gasteiger partial charge in [0, 0.05) is 5.56 Å².